The van der Waals surface area contributed by atoms with Crippen molar-refractivity contribution < 1.29 is 36.1 Å². The molecule has 0 aliphatic carbocycles. The predicted molar refractivity (Wildman–Crippen MR) is 24.0 cm³/mol. The Kier molecular flexibility index (Phi) is 3.95. The molecule has 0 saturated carbocycles. The molecule has 0 unspecified atom stereocenters. The van der Waals surface area contributed by atoms with E-state index in [9.17, 15) is 22.1 Å². The van der Waals surface area contributed by atoms with Crippen LogP contribution in [-0.2, 0) is 13.6 Å². The molecule has 0 atom stereocenters. The zero-order chi connectivity index (χ0) is 9.07. The second kappa shape index (κ2) is 4.01. The SMILES string of the molecule is O=P(O)(OC(F)F)OC(F)F. The van der Waals surface area contributed by atoms with Crippen molar-refractivity contribution in [3.63, 3.8) is 0 Å². The molecule has 4 nitrogen and oxygen atoms in total. The van der Waals surface area contributed by atoms with Gasteiger partial charge in [0.1, 0.15) is 0 Å². The maximum Gasteiger partial charge on any atom is 0.481 e. The summed E-state index contributed by atoms with van der Waals surface area (Å²) >= 11 is 0. The molecule has 1 N–H and O–H groups in total. The molecule has 0 heterocycles. The molecule has 0 bridgehead atoms. The van der Waals surface area contributed by atoms with Gasteiger partial charge in [-0.2, -0.15) is 17.6 Å². The van der Waals surface area contributed by atoms with E-state index in [-0.39, 0.29) is 0 Å². The normalized spacial score (nSPS) is 13.0. The van der Waals surface area contributed by atoms with Gasteiger partial charge in [0.15, 0.2) is 0 Å². The van der Waals surface area contributed by atoms with E-state index in [1.807, 2.05) is 0 Å². The van der Waals surface area contributed by atoms with Crippen LogP contribution in [0.3, 0.4) is 0 Å². The zero-order valence-electron chi connectivity index (χ0n) is 4.79. The second-order valence-electron chi connectivity index (χ2n) is 1.20. The van der Waals surface area contributed by atoms with Crippen LogP contribution >= 0.6 is 7.82 Å². The van der Waals surface area contributed by atoms with E-state index in [0.717, 1.165) is 0 Å². The van der Waals surface area contributed by atoms with Gasteiger partial charge in [0, 0.05) is 0 Å². The maximum absolute atomic E-state index is 11.1. The Balaban J connectivity index is 3.91. The van der Waals surface area contributed by atoms with Crippen LogP contribution in [0.25, 0.3) is 0 Å². The van der Waals surface area contributed by atoms with E-state index in [0.29, 0.717) is 0 Å². The van der Waals surface area contributed by atoms with Crippen LogP contribution in [-0.4, -0.2) is 18.1 Å². The van der Waals surface area contributed by atoms with Gasteiger partial charge in [-0.15, -0.1) is 0 Å². The molecule has 0 amide bonds. The summed E-state index contributed by atoms with van der Waals surface area (Å²) in [6, 6.07) is 0. The standard InChI is InChI=1S/C2H3F4O4P/c3-1(4)9-11(7,8)10-2(5)6/h1-2H,(H,7,8). The molecular formula is C2H3F4O4P. The van der Waals surface area contributed by atoms with Crippen molar-refractivity contribution >= 4 is 7.82 Å². The van der Waals surface area contributed by atoms with Gasteiger partial charge < -0.3 is 4.89 Å². The fraction of sp³-hybridized carbons (Fsp3) is 1.00. The van der Waals surface area contributed by atoms with Crippen LogP contribution in [0.15, 0.2) is 0 Å². The Morgan fingerprint density at radius 1 is 1.09 bits per heavy atom. The van der Waals surface area contributed by atoms with Crippen LogP contribution in [0.5, 0.6) is 0 Å². The van der Waals surface area contributed by atoms with Crippen LogP contribution in [0.2, 0.25) is 0 Å². The molecule has 11 heavy (non-hydrogen) atoms. The molecule has 0 aromatic carbocycles. The minimum Gasteiger partial charge on any atom is -0.302 e. The Labute approximate surface area is 58.3 Å². The van der Waals surface area contributed by atoms with Gasteiger partial charge in [-0.25, -0.2) is 13.6 Å². The number of alkyl halides is 4. The van der Waals surface area contributed by atoms with Gasteiger partial charge in [-0.1, -0.05) is 0 Å². The molecule has 0 fully saturated rings. The average Bonchev–Trinajstić information content (AvgIpc) is 1.53. The van der Waals surface area contributed by atoms with Crippen molar-refractivity contribution in [1.29, 1.82) is 0 Å². The lowest BCUT2D eigenvalue weighted by molar-refractivity contribution is -0.112. The van der Waals surface area contributed by atoms with Crippen molar-refractivity contribution in [2.75, 3.05) is 0 Å². The van der Waals surface area contributed by atoms with Gasteiger partial charge in [0.05, 0.1) is 0 Å². The first-order chi connectivity index (χ1) is 4.83. The Bertz CT molecular complexity index is 146. The van der Waals surface area contributed by atoms with E-state index < -0.39 is 21.0 Å². The molecule has 0 aromatic heterocycles. The molecule has 68 valence electrons. The number of hydrogen-bond donors (Lipinski definition) is 1. The molecule has 9 heteroatoms. The zero-order valence-corrected chi connectivity index (χ0v) is 5.68. The first kappa shape index (κ1) is 10.8. The molecule has 0 aromatic rings. The summed E-state index contributed by atoms with van der Waals surface area (Å²) < 4.78 is 60.0. The van der Waals surface area contributed by atoms with Gasteiger partial charge in [-0.3, -0.25) is 0 Å². The Morgan fingerprint density at radius 3 is 1.55 bits per heavy atom. The van der Waals surface area contributed by atoms with Crippen LogP contribution in [0, 0.1) is 0 Å². The summed E-state index contributed by atoms with van der Waals surface area (Å²) in [6.07, 6.45) is 0. The Morgan fingerprint density at radius 2 is 1.36 bits per heavy atom. The summed E-state index contributed by atoms with van der Waals surface area (Å²) in [5.74, 6) is 0. The van der Waals surface area contributed by atoms with Gasteiger partial charge in [-0.05, 0) is 0 Å². The third-order valence-electron chi connectivity index (χ3n) is 0.426. The molecule has 0 radical (unpaired) electrons. The minimum atomic E-state index is -5.30. The van der Waals surface area contributed by atoms with Crippen LogP contribution in [0.4, 0.5) is 17.6 Å². The minimum absolute atomic E-state index is 2.82. The van der Waals surface area contributed by atoms with Crippen LogP contribution < -0.4 is 0 Å². The highest BCUT2D eigenvalue weighted by atomic mass is 31.2. The molecule has 0 aliphatic heterocycles. The number of rotatable bonds is 4. The lowest BCUT2D eigenvalue weighted by Crippen LogP contribution is -2.03. The monoisotopic (exact) mass is 198 g/mol. The highest BCUT2D eigenvalue weighted by molar-refractivity contribution is 7.47. The van der Waals surface area contributed by atoms with Gasteiger partial charge in [0.2, 0.25) is 0 Å². The van der Waals surface area contributed by atoms with Crippen molar-refractivity contribution in [3.05, 3.63) is 0 Å². The van der Waals surface area contributed by atoms with Crippen LogP contribution in [0.1, 0.15) is 0 Å². The highest BCUT2D eigenvalue weighted by Gasteiger charge is 2.30. The number of phosphoric ester groups is 1. The lowest BCUT2D eigenvalue weighted by atomic mass is 11.5. The van der Waals surface area contributed by atoms with Crippen molar-refractivity contribution in [3.8, 4) is 0 Å². The maximum atomic E-state index is 11.1. The third kappa shape index (κ3) is 6.24. The Hall–Kier alpha value is -0.170. The average molecular weight is 198 g/mol. The van der Waals surface area contributed by atoms with Gasteiger partial charge >= 0.3 is 21.0 Å². The smallest absolute Gasteiger partial charge is 0.302 e. The summed E-state index contributed by atoms with van der Waals surface area (Å²) in [5.41, 5.74) is 0. The fourth-order valence-corrected chi connectivity index (χ4v) is 0.679. The van der Waals surface area contributed by atoms with Crippen molar-refractivity contribution in [2.45, 2.75) is 13.2 Å². The molecular weight excluding hydrogens is 195 g/mol. The summed E-state index contributed by atoms with van der Waals surface area (Å²) in [6.45, 7) is -7.27. The van der Waals surface area contributed by atoms with E-state index >= 15 is 0 Å². The third-order valence-corrected chi connectivity index (χ3v) is 1.28. The topological polar surface area (TPSA) is 55.8 Å². The molecule has 0 saturated heterocycles. The number of phosphoric acid groups is 1. The number of halogens is 4. The highest BCUT2D eigenvalue weighted by Crippen LogP contribution is 2.46. The largest absolute Gasteiger partial charge is 0.481 e. The quantitative estimate of drug-likeness (QED) is 0.550. The summed E-state index contributed by atoms with van der Waals surface area (Å²) in [4.78, 5) is 8.01. The van der Waals surface area contributed by atoms with Crippen molar-refractivity contribution in [1.82, 2.24) is 0 Å². The lowest BCUT2D eigenvalue weighted by Gasteiger charge is -2.09. The van der Waals surface area contributed by atoms with Crippen molar-refractivity contribution in [2.24, 2.45) is 0 Å². The predicted octanol–water partition coefficient (Wildman–Crippen LogP) is 1.57. The number of hydrogen-bond acceptors (Lipinski definition) is 3. The van der Waals surface area contributed by atoms with E-state index in [4.69, 9.17) is 4.89 Å². The van der Waals surface area contributed by atoms with E-state index in [1.54, 1.807) is 0 Å². The second-order valence-corrected chi connectivity index (χ2v) is 2.56. The molecule has 0 aliphatic rings. The summed E-state index contributed by atoms with van der Waals surface area (Å²) in [5, 5.41) is 0. The first-order valence-corrected chi connectivity index (χ1v) is 3.59. The molecule has 0 spiro atoms. The first-order valence-electron chi connectivity index (χ1n) is 2.09. The fourth-order valence-electron chi connectivity index (χ4n) is 0.226. The molecule has 0 rings (SSSR count). The van der Waals surface area contributed by atoms with Gasteiger partial charge in [0.25, 0.3) is 0 Å². The van der Waals surface area contributed by atoms with E-state index in [2.05, 4.69) is 9.05 Å². The summed E-state index contributed by atoms with van der Waals surface area (Å²) in [7, 11) is -5.30. The van der Waals surface area contributed by atoms with E-state index in [1.165, 1.54) is 0 Å².